The van der Waals surface area contributed by atoms with Crippen molar-refractivity contribution in [3.63, 3.8) is 0 Å². The van der Waals surface area contributed by atoms with Gasteiger partial charge in [0, 0.05) is 17.2 Å². The summed E-state index contributed by atoms with van der Waals surface area (Å²) in [4.78, 5) is 44.9. The second kappa shape index (κ2) is 10.1. The van der Waals surface area contributed by atoms with Gasteiger partial charge in [-0.1, -0.05) is 22.9 Å². The summed E-state index contributed by atoms with van der Waals surface area (Å²) in [6, 6.07) is 5.06. The Morgan fingerprint density at radius 1 is 1.24 bits per heavy atom. The Labute approximate surface area is 226 Å². The second-order valence-electron chi connectivity index (χ2n) is 9.75. The third-order valence-corrected chi connectivity index (χ3v) is 6.74. The highest BCUT2D eigenvalue weighted by Gasteiger charge is 2.30. The molecule has 0 spiro atoms. The van der Waals surface area contributed by atoms with E-state index in [1.165, 1.54) is 11.3 Å². The first kappa shape index (κ1) is 25.7. The van der Waals surface area contributed by atoms with Gasteiger partial charge < -0.3 is 20.7 Å². The number of hydrogen-bond donors (Lipinski definition) is 4. The van der Waals surface area contributed by atoms with Crippen molar-refractivity contribution in [2.45, 2.75) is 39.2 Å². The summed E-state index contributed by atoms with van der Waals surface area (Å²) in [6.45, 7) is 4.96. The van der Waals surface area contributed by atoms with Crippen LogP contribution in [0.5, 0.6) is 0 Å². The SMILES string of the molecule is CC(C)(C)OC(=O)NCC(=O)Nc1ccc(-c2cncn2-c2n[nH]c3nc(NC(=O)C4CC4)sc23)c(Cl)c1. The molecule has 198 valence electrons. The maximum absolute atomic E-state index is 12.3. The Bertz CT molecular complexity index is 1530. The molecule has 14 heteroatoms. The first-order valence-electron chi connectivity index (χ1n) is 11.8. The lowest BCUT2D eigenvalue weighted by atomic mass is 10.1. The molecule has 0 aliphatic heterocycles. The van der Waals surface area contributed by atoms with Crippen molar-refractivity contribution in [3.8, 4) is 17.1 Å². The molecule has 0 bridgehead atoms. The molecule has 38 heavy (non-hydrogen) atoms. The van der Waals surface area contributed by atoms with Crippen LogP contribution in [0.2, 0.25) is 5.02 Å². The molecule has 0 unspecified atom stereocenters. The normalized spacial score (nSPS) is 13.4. The number of anilines is 2. The first-order valence-corrected chi connectivity index (χ1v) is 13.0. The molecule has 3 aromatic heterocycles. The summed E-state index contributed by atoms with van der Waals surface area (Å²) in [5.74, 6) is 0.196. The Morgan fingerprint density at radius 2 is 2.03 bits per heavy atom. The Kier molecular flexibility index (Phi) is 6.80. The van der Waals surface area contributed by atoms with E-state index in [1.54, 1.807) is 56.1 Å². The molecule has 0 atom stereocenters. The molecule has 4 aromatic rings. The third kappa shape index (κ3) is 5.78. The van der Waals surface area contributed by atoms with E-state index in [9.17, 15) is 14.4 Å². The topological polar surface area (TPSA) is 156 Å². The van der Waals surface area contributed by atoms with E-state index in [-0.39, 0.29) is 18.4 Å². The average molecular weight is 557 g/mol. The molecule has 4 N–H and O–H groups in total. The van der Waals surface area contributed by atoms with Gasteiger partial charge in [-0.3, -0.25) is 19.3 Å². The summed E-state index contributed by atoms with van der Waals surface area (Å²) in [5.41, 5.74) is 1.69. The molecular formula is C24H25ClN8O4S. The number of benzene rings is 1. The zero-order valence-electron chi connectivity index (χ0n) is 20.8. The van der Waals surface area contributed by atoms with Gasteiger partial charge in [0.15, 0.2) is 16.6 Å². The minimum Gasteiger partial charge on any atom is -0.444 e. The van der Waals surface area contributed by atoms with Gasteiger partial charge in [0.05, 0.1) is 16.9 Å². The van der Waals surface area contributed by atoms with Crippen LogP contribution in [-0.2, 0) is 14.3 Å². The fourth-order valence-corrected chi connectivity index (χ4v) is 4.79. The van der Waals surface area contributed by atoms with Crippen molar-refractivity contribution < 1.29 is 19.1 Å². The van der Waals surface area contributed by atoms with E-state index in [0.717, 1.165) is 17.5 Å². The lowest BCUT2D eigenvalue weighted by Crippen LogP contribution is -2.37. The van der Waals surface area contributed by atoms with Gasteiger partial charge in [0.2, 0.25) is 11.8 Å². The molecule has 1 fully saturated rings. The minimum atomic E-state index is -0.680. The molecule has 3 heterocycles. The van der Waals surface area contributed by atoms with Crippen LogP contribution in [0.1, 0.15) is 33.6 Å². The first-order chi connectivity index (χ1) is 18.1. The number of H-pyrrole nitrogens is 1. The van der Waals surface area contributed by atoms with Gasteiger partial charge in [-0.2, -0.15) is 5.10 Å². The number of aromatic amines is 1. The van der Waals surface area contributed by atoms with Crippen molar-refractivity contribution in [1.82, 2.24) is 30.0 Å². The molecular weight excluding hydrogens is 532 g/mol. The fraction of sp³-hybridized carbons (Fsp3) is 0.333. The number of carbonyl (C=O) groups is 3. The molecule has 3 amide bonds. The highest BCUT2D eigenvalue weighted by atomic mass is 35.5. The van der Waals surface area contributed by atoms with Gasteiger partial charge in [-0.05, 0) is 51.8 Å². The van der Waals surface area contributed by atoms with Crippen molar-refractivity contribution >= 4 is 62.0 Å². The average Bonchev–Trinajstić information content (AvgIpc) is 3.27. The zero-order chi connectivity index (χ0) is 27.0. The van der Waals surface area contributed by atoms with E-state index in [4.69, 9.17) is 16.3 Å². The number of imidazole rings is 1. The van der Waals surface area contributed by atoms with Crippen LogP contribution >= 0.6 is 22.9 Å². The van der Waals surface area contributed by atoms with Crippen molar-refractivity contribution in [2.24, 2.45) is 5.92 Å². The number of nitrogens with zero attached hydrogens (tertiary/aromatic N) is 4. The monoisotopic (exact) mass is 556 g/mol. The minimum absolute atomic E-state index is 0.0150. The Hall–Kier alpha value is -3.97. The number of nitrogens with one attached hydrogen (secondary N) is 4. The molecule has 1 aliphatic carbocycles. The highest BCUT2D eigenvalue weighted by molar-refractivity contribution is 7.22. The van der Waals surface area contributed by atoms with Crippen LogP contribution in [0, 0.1) is 5.92 Å². The van der Waals surface area contributed by atoms with Gasteiger partial charge in [-0.15, -0.1) is 0 Å². The van der Waals surface area contributed by atoms with Crippen LogP contribution in [0.4, 0.5) is 15.6 Å². The molecule has 1 saturated carbocycles. The number of rotatable bonds is 7. The second-order valence-corrected chi connectivity index (χ2v) is 11.2. The van der Waals surface area contributed by atoms with Crippen LogP contribution in [-0.4, -0.2) is 54.8 Å². The summed E-state index contributed by atoms with van der Waals surface area (Å²) in [6.07, 6.45) is 4.40. The molecule has 0 saturated heterocycles. The van der Waals surface area contributed by atoms with Gasteiger partial charge in [0.25, 0.3) is 0 Å². The number of thiazole rings is 1. The van der Waals surface area contributed by atoms with Crippen LogP contribution in [0.3, 0.4) is 0 Å². The standard InChI is InChI=1S/C24H25ClN8O4S/c1-24(2,3)37-23(36)27-10-17(34)28-13-6-7-14(15(25)8-13)16-9-26-11-33(16)20-18-19(31-32-20)29-22(38-18)30-21(35)12-4-5-12/h6-9,11-12H,4-5,10H2,1-3H3,(H,27,36)(H,28,34)(H2,29,30,31,32,35). The molecule has 0 radical (unpaired) electrons. The number of ether oxygens (including phenoxy) is 1. The number of hydrogen-bond acceptors (Lipinski definition) is 8. The maximum atomic E-state index is 12.3. The van der Waals surface area contributed by atoms with E-state index < -0.39 is 17.6 Å². The molecule has 1 aliphatic rings. The lowest BCUT2D eigenvalue weighted by molar-refractivity contribution is -0.117. The summed E-state index contributed by atoms with van der Waals surface area (Å²) in [7, 11) is 0. The van der Waals surface area contributed by atoms with Crippen molar-refractivity contribution in [3.05, 3.63) is 35.7 Å². The summed E-state index contributed by atoms with van der Waals surface area (Å²) < 4.78 is 7.65. The fourth-order valence-electron chi connectivity index (χ4n) is 3.61. The molecule has 1 aromatic carbocycles. The smallest absolute Gasteiger partial charge is 0.408 e. The van der Waals surface area contributed by atoms with E-state index in [1.807, 2.05) is 0 Å². The van der Waals surface area contributed by atoms with Crippen LogP contribution < -0.4 is 16.0 Å². The number of carbonyl (C=O) groups excluding carboxylic acids is 3. The Morgan fingerprint density at radius 3 is 2.74 bits per heavy atom. The summed E-state index contributed by atoms with van der Waals surface area (Å²) >= 11 is 7.91. The van der Waals surface area contributed by atoms with E-state index in [0.29, 0.717) is 38.6 Å². The molecule has 12 nitrogen and oxygen atoms in total. The van der Waals surface area contributed by atoms with Gasteiger partial charge >= 0.3 is 6.09 Å². The number of amides is 3. The zero-order valence-corrected chi connectivity index (χ0v) is 22.4. The van der Waals surface area contributed by atoms with E-state index >= 15 is 0 Å². The summed E-state index contributed by atoms with van der Waals surface area (Å²) in [5, 5.41) is 16.1. The number of fused-ring (bicyclic) bond motifs is 1. The number of halogens is 1. The number of aromatic nitrogens is 5. The van der Waals surface area contributed by atoms with Gasteiger partial charge in [-0.25, -0.2) is 14.8 Å². The van der Waals surface area contributed by atoms with Crippen molar-refractivity contribution in [2.75, 3.05) is 17.2 Å². The largest absolute Gasteiger partial charge is 0.444 e. The maximum Gasteiger partial charge on any atom is 0.408 e. The predicted octanol–water partition coefficient (Wildman–Crippen LogP) is 4.34. The predicted molar refractivity (Wildman–Crippen MR) is 144 cm³/mol. The lowest BCUT2D eigenvalue weighted by Gasteiger charge is -2.19. The van der Waals surface area contributed by atoms with Crippen LogP contribution in [0.25, 0.3) is 27.4 Å². The number of alkyl carbamates (subject to hydrolysis) is 1. The van der Waals surface area contributed by atoms with Crippen molar-refractivity contribution in [1.29, 1.82) is 0 Å². The molecule has 5 rings (SSSR count). The Balaban J connectivity index is 1.30. The quantitative estimate of drug-likeness (QED) is 0.264. The third-order valence-electron chi connectivity index (χ3n) is 5.46. The van der Waals surface area contributed by atoms with Crippen LogP contribution in [0.15, 0.2) is 30.7 Å². The highest BCUT2D eigenvalue weighted by Crippen LogP contribution is 2.36. The van der Waals surface area contributed by atoms with Gasteiger partial charge in [0.1, 0.15) is 23.2 Å². The van der Waals surface area contributed by atoms with E-state index in [2.05, 4.69) is 36.1 Å².